The smallest absolute Gasteiger partial charge is 0.255 e. The Morgan fingerprint density at radius 3 is 2.48 bits per heavy atom. The van der Waals surface area contributed by atoms with E-state index >= 15 is 0 Å². The molecule has 0 radical (unpaired) electrons. The minimum atomic E-state index is -0.150. The van der Waals surface area contributed by atoms with E-state index < -0.39 is 0 Å². The van der Waals surface area contributed by atoms with E-state index in [1.165, 1.54) is 6.33 Å². The van der Waals surface area contributed by atoms with Gasteiger partial charge in [-0.15, -0.1) is 0 Å². The molecule has 6 nitrogen and oxygen atoms in total. The molecule has 2 aromatic carbocycles. The predicted molar refractivity (Wildman–Crippen MR) is 86.5 cm³/mol. The van der Waals surface area contributed by atoms with E-state index in [0.717, 1.165) is 16.9 Å². The van der Waals surface area contributed by atoms with E-state index in [9.17, 15) is 4.79 Å². The van der Waals surface area contributed by atoms with Gasteiger partial charge in [-0.25, -0.2) is 9.67 Å². The molecule has 0 aliphatic carbocycles. The average Bonchev–Trinajstić information content (AvgIpc) is 3.11. The van der Waals surface area contributed by atoms with Gasteiger partial charge in [-0.05, 0) is 42.0 Å². The van der Waals surface area contributed by atoms with E-state index in [2.05, 4.69) is 15.4 Å². The molecule has 0 saturated heterocycles. The third-order valence-electron chi connectivity index (χ3n) is 3.34. The Labute approximate surface area is 133 Å². The highest BCUT2D eigenvalue weighted by atomic mass is 16.5. The first-order valence-electron chi connectivity index (χ1n) is 7.10. The minimum Gasteiger partial charge on any atom is -0.380 e. The molecule has 1 amide bonds. The summed E-state index contributed by atoms with van der Waals surface area (Å²) < 4.78 is 6.71. The van der Waals surface area contributed by atoms with Crippen LogP contribution in [0.25, 0.3) is 5.69 Å². The highest BCUT2D eigenvalue weighted by Gasteiger charge is 2.06. The molecule has 0 saturated carbocycles. The number of amides is 1. The molecule has 0 unspecified atom stereocenters. The van der Waals surface area contributed by atoms with Crippen LogP contribution in [0.2, 0.25) is 0 Å². The van der Waals surface area contributed by atoms with Crippen molar-refractivity contribution >= 4 is 11.6 Å². The number of hydrogen-bond acceptors (Lipinski definition) is 4. The van der Waals surface area contributed by atoms with Crippen LogP contribution in [0.15, 0.2) is 61.2 Å². The largest absolute Gasteiger partial charge is 0.380 e. The van der Waals surface area contributed by atoms with Gasteiger partial charge in [-0.1, -0.05) is 12.1 Å². The maximum atomic E-state index is 12.2. The van der Waals surface area contributed by atoms with Crippen molar-refractivity contribution in [3.63, 3.8) is 0 Å². The molecule has 6 heteroatoms. The summed E-state index contributed by atoms with van der Waals surface area (Å²) in [5, 5.41) is 6.92. The Bertz CT molecular complexity index is 765. The van der Waals surface area contributed by atoms with Crippen molar-refractivity contribution in [3.8, 4) is 5.69 Å². The van der Waals surface area contributed by atoms with Crippen molar-refractivity contribution in [3.05, 3.63) is 72.3 Å². The SMILES string of the molecule is COCc1ccc(C(=O)Nc2ccc(-n3cncn3)cc2)cc1. The summed E-state index contributed by atoms with van der Waals surface area (Å²) in [6.45, 7) is 0.533. The van der Waals surface area contributed by atoms with Gasteiger partial charge in [0.25, 0.3) is 5.91 Å². The van der Waals surface area contributed by atoms with Crippen LogP contribution in [-0.4, -0.2) is 27.8 Å². The number of anilines is 1. The molecule has 0 aliphatic heterocycles. The molecule has 23 heavy (non-hydrogen) atoms. The van der Waals surface area contributed by atoms with Gasteiger partial charge in [-0.3, -0.25) is 4.79 Å². The fourth-order valence-corrected chi connectivity index (χ4v) is 2.16. The zero-order valence-corrected chi connectivity index (χ0v) is 12.6. The fourth-order valence-electron chi connectivity index (χ4n) is 2.16. The second-order valence-electron chi connectivity index (χ2n) is 4.97. The van der Waals surface area contributed by atoms with E-state index in [1.807, 2.05) is 36.4 Å². The van der Waals surface area contributed by atoms with Gasteiger partial charge < -0.3 is 10.1 Å². The Balaban J connectivity index is 1.67. The molecule has 0 bridgehead atoms. The molecule has 1 N–H and O–H groups in total. The van der Waals surface area contributed by atoms with Crippen LogP contribution >= 0.6 is 0 Å². The Hall–Kier alpha value is -2.99. The maximum absolute atomic E-state index is 12.2. The Kier molecular flexibility index (Phi) is 4.44. The van der Waals surface area contributed by atoms with Crippen LogP contribution in [0.4, 0.5) is 5.69 Å². The van der Waals surface area contributed by atoms with Crippen molar-refractivity contribution in [1.29, 1.82) is 0 Å². The van der Waals surface area contributed by atoms with Crippen LogP contribution < -0.4 is 5.32 Å². The minimum absolute atomic E-state index is 0.150. The number of carbonyl (C=O) groups is 1. The quantitative estimate of drug-likeness (QED) is 0.787. The second kappa shape index (κ2) is 6.85. The second-order valence-corrected chi connectivity index (χ2v) is 4.97. The summed E-state index contributed by atoms with van der Waals surface area (Å²) in [6.07, 6.45) is 3.10. The highest BCUT2D eigenvalue weighted by molar-refractivity contribution is 6.04. The van der Waals surface area contributed by atoms with Crippen molar-refractivity contribution in [2.24, 2.45) is 0 Å². The molecule has 3 rings (SSSR count). The molecule has 116 valence electrons. The molecule has 0 fully saturated rings. The van der Waals surface area contributed by atoms with Gasteiger partial charge in [0, 0.05) is 18.4 Å². The summed E-state index contributed by atoms with van der Waals surface area (Å²) in [6, 6.07) is 14.7. The lowest BCUT2D eigenvalue weighted by molar-refractivity contribution is 0.102. The number of hydrogen-bond donors (Lipinski definition) is 1. The van der Waals surface area contributed by atoms with Gasteiger partial charge in [0.05, 0.1) is 12.3 Å². The lowest BCUT2D eigenvalue weighted by Gasteiger charge is -2.07. The first kappa shape index (κ1) is 14.9. The number of rotatable bonds is 5. The summed E-state index contributed by atoms with van der Waals surface area (Å²) >= 11 is 0. The lowest BCUT2D eigenvalue weighted by Crippen LogP contribution is -2.12. The standard InChI is InChI=1S/C17H16N4O2/c1-23-10-13-2-4-14(5-3-13)17(22)20-15-6-8-16(9-7-15)21-12-18-11-19-21/h2-9,11-12H,10H2,1H3,(H,20,22). The van der Waals surface area contributed by atoms with Crippen molar-refractivity contribution < 1.29 is 9.53 Å². The van der Waals surface area contributed by atoms with Gasteiger partial charge in [-0.2, -0.15) is 5.10 Å². The lowest BCUT2D eigenvalue weighted by atomic mass is 10.1. The number of aromatic nitrogens is 3. The number of nitrogens with zero attached hydrogens (tertiary/aromatic N) is 3. The fraction of sp³-hybridized carbons (Fsp3) is 0.118. The Morgan fingerprint density at radius 1 is 1.13 bits per heavy atom. The number of nitrogens with one attached hydrogen (secondary N) is 1. The van der Waals surface area contributed by atoms with Crippen LogP contribution in [-0.2, 0) is 11.3 Å². The molecule has 0 aliphatic rings. The number of benzene rings is 2. The molecule has 0 spiro atoms. The average molecular weight is 308 g/mol. The Morgan fingerprint density at radius 2 is 1.87 bits per heavy atom. The number of methoxy groups -OCH3 is 1. The molecule has 0 atom stereocenters. The summed E-state index contributed by atoms with van der Waals surface area (Å²) in [5.74, 6) is -0.150. The van der Waals surface area contributed by atoms with Crippen LogP contribution in [0.5, 0.6) is 0 Å². The van der Waals surface area contributed by atoms with Gasteiger partial charge in [0.15, 0.2) is 0 Å². The third kappa shape index (κ3) is 3.61. The third-order valence-corrected chi connectivity index (χ3v) is 3.34. The van der Waals surface area contributed by atoms with Crippen LogP contribution in [0.1, 0.15) is 15.9 Å². The molecular weight excluding hydrogens is 292 g/mol. The number of carbonyl (C=O) groups excluding carboxylic acids is 1. The van der Waals surface area contributed by atoms with Gasteiger partial charge >= 0.3 is 0 Å². The van der Waals surface area contributed by atoms with E-state index in [1.54, 1.807) is 30.3 Å². The normalized spacial score (nSPS) is 10.5. The van der Waals surface area contributed by atoms with E-state index in [-0.39, 0.29) is 5.91 Å². The van der Waals surface area contributed by atoms with E-state index in [0.29, 0.717) is 12.2 Å². The van der Waals surface area contributed by atoms with Crippen molar-refractivity contribution in [2.75, 3.05) is 12.4 Å². The first-order chi connectivity index (χ1) is 11.3. The maximum Gasteiger partial charge on any atom is 0.255 e. The predicted octanol–water partition coefficient (Wildman–Crippen LogP) is 2.67. The van der Waals surface area contributed by atoms with Crippen LogP contribution in [0.3, 0.4) is 0 Å². The summed E-state index contributed by atoms with van der Waals surface area (Å²) in [7, 11) is 1.64. The number of ether oxygens (including phenoxy) is 1. The summed E-state index contributed by atoms with van der Waals surface area (Å²) in [5.41, 5.74) is 3.23. The van der Waals surface area contributed by atoms with Crippen molar-refractivity contribution in [2.45, 2.75) is 6.61 Å². The zero-order chi connectivity index (χ0) is 16.1. The highest BCUT2D eigenvalue weighted by Crippen LogP contribution is 2.14. The van der Waals surface area contributed by atoms with Crippen LogP contribution in [0, 0.1) is 0 Å². The van der Waals surface area contributed by atoms with E-state index in [4.69, 9.17) is 4.74 Å². The first-order valence-corrected chi connectivity index (χ1v) is 7.10. The zero-order valence-electron chi connectivity index (χ0n) is 12.6. The van der Waals surface area contributed by atoms with Gasteiger partial charge in [0.2, 0.25) is 0 Å². The molecule has 3 aromatic rings. The monoisotopic (exact) mass is 308 g/mol. The summed E-state index contributed by atoms with van der Waals surface area (Å²) in [4.78, 5) is 16.1. The molecule has 1 aromatic heterocycles. The van der Waals surface area contributed by atoms with Gasteiger partial charge in [0.1, 0.15) is 12.7 Å². The molecular formula is C17H16N4O2. The van der Waals surface area contributed by atoms with Crippen molar-refractivity contribution in [1.82, 2.24) is 14.8 Å². The molecule has 1 heterocycles. The topological polar surface area (TPSA) is 69.0 Å².